The van der Waals surface area contributed by atoms with Crippen LogP contribution in [0.15, 0.2) is 24.3 Å². The standard InChI is InChI=1S/C16H22N2O2/c1-18(14-9-12-6-7-13(10-14)17-12)16(20)8-11-4-2-3-5-15(11)19/h2-5,12-14,17,19H,6-10H2,1H3. The van der Waals surface area contributed by atoms with Crippen LogP contribution in [0.25, 0.3) is 0 Å². The number of piperidine rings is 1. The van der Waals surface area contributed by atoms with E-state index in [1.807, 2.05) is 24.1 Å². The third-order valence-electron chi connectivity index (χ3n) is 4.72. The summed E-state index contributed by atoms with van der Waals surface area (Å²) in [4.78, 5) is 14.3. The molecule has 20 heavy (non-hydrogen) atoms. The molecule has 3 rings (SSSR count). The number of hydrogen-bond donors (Lipinski definition) is 2. The summed E-state index contributed by atoms with van der Waals surface area (Å²) < 4.78 is 0. The van der Waals surface area contributed by atoms with Crippen molar-refractivity contribution in [3.8, 4) is 5.75 Å². The van der Waals surface area contributed by atoms with Gasteiger partial charge in [-0.1, -0.05) is 18.2 Å². The number of nitrogens with one attached hydrogen (secondary N) is 1. The predicted octanol–water partition coefficient (Wildman–Crippen LogP) is 1.68. The van der Waals surface area contributed by atoms with Crippen molar-refractivity contribution in [2.24, 2.45) is 0 Å². The number of para-hydroxylation sites is 1. The summed E-state index contributed by atoms with van der Waals surface area (Å²) in [6.07, 6.45) is 4.87. The Hall–Kier alpha value is -1.55. The van der Waals surface area contributed by atoms with E-state index in [0.29, 0.717) is 23.7 Å². The molecule has 108 valence electrons. The van der Waals surface area contributed by atoms with Crippen molar-refractivity contribution in [3.63, 3.8) is 0 Å². The lowest BCUT2D eigenvalue weighted by molar-refractivity contribution is -0.132. The first-order chi connectivity index (χ1) is 9.63. The molecule has 2 fully saturated rings. The Balaban J connectivity index is 1.63. The minimum Gasteiger partial charge on any atom is -0.508 e. The molecule has 0 saturated carbocycles. The monoisotopic (exact) mass is 274 g/mol. The number of carbonyl (C=O) groups excluding carboxylic acids is 1. The molecule has 2 saturated heterocycles. The van der Waals surface area contributed by atoms with Crippen molar-refractivity contribution in [3.05, 3.63) is 29.8 Å². The molecule has 2 unspecified atom stereocenters. The van der Waals surface area contributed by atoms with Gasteiger partial charge in [0.2, 0.25) is 5.91 Å². The average Bonchev–Trinajstić information content (AvgIpc) is 2.79. The van der Waals surface area contributed by atoms with E-state index in [-0.39, 0.29) is 18.1 Å². The van der Waals surface area contributed by atoms with Gasteiger partial charge in [-0.2, -0.15) is 0 Å². The van der Waals surface area contributed by atoms with Crippen LogP contribution >= 0.6 is 0 Å². The molecule has 4 nitrogen and oxygen atoms in total. The van der Waals surface area contributed by atoms with Crippen molar-refractivity contribution in [1.29, 1.82) is 0 Å². The van der Waals surface area contributed by atoms with Crippen LogP contribution in [0.1, 0.15) is 31.2 Å². The van der Waals surface area contributed by atoms with Crippen LogP contribution in [0.5, 0.6) is 5.75 Å². The van der Waals surface area contributed by atoms with Crippen LogP contribution < -0.4 is 5.32 Å². The first kappa shape index (κ1) is 13.4. The second kappa shape index (κ2) is 5.44. The largest absolute Gasteiger partial charge is 0.508 e. The Bertz CT molecular complexity index is 491. The number of hydrogen-bond acceptors (Lipinski definition) is 3. The fourth-order valence-electron chi connectivity index (χ4n) is 3.50. The molecule has 0 radical (unpaired) electrons. The van der Waals surface area contributed by atoms with Crippen molar-refractivity contribution in [2.75, 3.05) is 7.05 Å². The number of phenolic OH excluding ortho intramolecular Hbond substituents is 1. The molecule has 1 amide bonds. The molecule has 2 bridgehead atoms. The smallest absolute Gasteiger partial charge is 0.227 e. The molecule has 1 aromatic carbocycles. The highest BCUT2D eigenvalue weighted by atomic mass is 16.3. The maximum atomic E-state index is 12.4. The Morgan fingerprint density at radius 2 is 1.95 bits per heavy atom. The molecular weight excluding hydrogens is 252 g/mol. The third-order valence-corrected chi connectivity index (χ3v) is 4.72. The summed E-state index contributed by atoms with van der Waals surface area (Å²) in [7, 11) is 1.90. The predicted molar refractivity (Wildman–Crippen MR) is 77.5 cm³/mol. The summed E-state index contributed by atoms with van der Waals surface area (Å²) >= 11 is 0. The highest BCUT2D eigenvalue weighted by Crippen LogP contribution is 2.29. The molecule has 2 aliphatic rings. The van der Waals surface area contributed by atoms with Crippen LogP contribution in [-0.4, -0.2) is 41.1 Å². The second-order valence-electron chi connectivity index (χ2n) is 6.07. The molecule has 4 heteroatoms. The topological polar surface area (TPSA) is 52.6 Å². The summed E-state index contributed by atoms with van der Waals surface area (Å²) in [5.74, 6) is 0.303. The number of likely N-dealkylation sites (N-methyl/N-ethyl adjacent to an activating group) is 1. The van der Waals surface area contributed by atoms with Crippen LogP contribution in [-0.2, 0) is 11.2 Å². The Labute approximate surface area is 119 Å². The Kier molecular flexibility index (Phi) is 3.66. The molecule has 2 heterocycles. The average molecular weight is 274 g/mol. The van der Waals surface area contributed by atoms with Gasteiger partial charge in [0.1, 0.15) is 5.75 Å². The number of phenols is 1. The molecule has 2 aliphatic heterocycles. The maximum Gasteiger partial charge on any atom is 0.227 e. The number of rotatable bonds is 3. The van der Waals surface area contributed by atoms with Gasteiger partial charge >= 0.3 is 0 Å². The van der Waals surface area contributed by atoms with E-state index in [1.165, 1.54) is 12.8 Å². The Morgan fingerprint density at radius 1 is 1.30 bits per heavy atom. The van der Waals surface area contributed by atoms with E-state index < -0.39 is 0 Å². The lowest BCUT2D eigenvalue weighted by atomic mass is 9.98. The zero-order valence-corrected chi connectivity index (χ0v) is 11.9. The van der Waals surface area contributed by atoms with Gasteiger partial charge in [-0.05, 0) is 31.7 Å². The highest BCUT2D eigenvalue weighted by molar-refractivity contribution is 5.79. The van der Waals surface area contributed by atoms with E-state index in [0.717, 1.165) is 12.8 Å². The van der Waals surface area contributed by atoms with Gasteiger partial charge in [0.05, 0.1) is 6.42 Å². The minimum atomic E-state index is 0.0952. The van der Waals surface area contributed by atoms with Crippen molar-refractivity contribution in [1.82, 2.24) is 10.2 Å². The van der Waals surface area contributed by atoms with Crippen molar-refractivity contribution >= 4 is 5.91 Å². The van der Waals surface area contributed by atoms with Gasteiger partial charge in [-0.3, -0.25) is 4.79 Å². The number of amides is 1. The lowest BCUT2D eigenvalue weighted by Crippen LogP contribution is -2.49. The van der Waals surface area contributed by atoms with E-state index in [9.17, 15) is 9.90 Å². The summed E-state index contributed by atoms with van der Waals surface area (Å²) in [5.41, 5.74) is 0.709. The molecular formula is C16H22N2O2. The fraction of sp³-hybridized carbons (Fsp3) is 0.562. The first-order valence-electron chi connectivity index (χ1n) is 7.42. The second-order valence-corrected chi connectivity index (χ2v) is 6.07. The highest BCUT2D eigenvalue weighted by Gasteiger charge is 2.36. The number of carbonyl (C=O) groups is 1. The third kappa shape index (κ3) is 2.66. The zero-order chi connectivity index (χ0) is 14.1. The quantitative estimate of drug-likeness (QED) is 0.881. The summed E-state index contributed by atoms with van der Waals surface area (Å²) in [6, 6.07) is 8.58. The maximum absolute atomic E-state index is 12.4. The molecule has 0 aromatic heterocycles. The van der Waals surface area contributed by atoms with Crippen molar-refractivity contribution in [2.45, 2.75) is 50.2 Å². The normalized spacial score (nSPS) is 28.4. The van der Waals surface area contributed by atoms with E-state index in [1.54, 1.807) is 12.1 Å². The SMILES string of the molecule is CN(C(=O)Cc1ccccc1O)C1CC2CCC(C1)N2. The first-order valence-corrected chi connectivity index (χ1v) is 7.42. The van der Waals surface area contributed by atoms with Gasteiger partial charge in [-0.25, -0.2) is 0 Å². The number of benzene rings is 1. The van der Waals surface area contributed by atoms with E-state index in [2.05, 4.69) is 5.32 Å². The summed E-state index contributed by atoms with van der Waals surface area (Å²) in [5, 5.41) is 13.4. The molecule has 2 atom stereocenters. The molecule has 2 N–H and O–H groups in total. The van der Waals surface area contributed by atoms with Gasteiger partial charge in [0, 0.05) is 30.7 Å². The van der Waals surface area contributed by atoms with E-state index >= 15 is 0 Å². The van der Waals surface area contributed by atoms with Crippen LogP contribution in [0.2, 0.25) is 0 Å². The minimum absolute atomic E-state index is 0.0952. The van der Waals surface area contributed by atoms with E-state index in [4.69, 9.17) is 0 Å². The van der Waals surface area contributed by atoms with Crippen LogP contribution in [0, 0.1) is 0 Å². The fourth-order valence-corrected chi connectivity index (χ4v) is 3.50. The zero-order valence-electron chi connectivity index (χ0n) is 11.9. The van der Waals surface area contributed by atoms with Crippen LogP contribution in [0.3, 0.4) is 0 Å². The number of nitrogens with zero attached hydrogens (tertiary/aromatic N) is 1. The van der Waals surface area contributed by atoms with Crippen molar-refractivity contribution < 1.29 is 9.90 Å². The molecule has 0 aliphatic carbocycles. The number of aromatic hydroxyl groups is 1. The van der Waals surface area contributed by atoms with Crippen LogP contribution in [0.4, 0.5) is 0 Å². The van der Waals surface area contributed by atoms with Gasteiger partial charge in [0.25, 0.3) is 0 Å². The van der Waals surface area contributed by atoms with Gasteiger partial charge in [-0.15, -0.1) is 0 Å². The molecule has 0 spiro atoms. The summed E-state index contributed by atoms with van der Waals surface area (Å²) in [6.45, 7) is 0. The number of fused-ring (bicyclic) bond motifs is 2. The van der Waals surface area contributed by atoms with Gasteiger partial charge < -0.3 is 15.3 Å². The van der Waals surface area contributed by atoms with Gasteiger partial charge in [0.15, 0.2) is 0 Å². The lowest BCUT2D eigenvalue weighted by Gasteiger charge is -2.35. The Morgan fingerprint density at radius 3 is 2.60 bits per heavy atom. The molecule has 1 aromatic rings.